The molecule has 2 aromatic carbocycles. The van der Waals surface area contributed by atoms with Gasteiger partial charge in [0.1, 0.15) is 5.82 Å². The molecule has 1 saturated heterocycles. The third-order valence-electron chi connectivity index (χ3n) is 5.00. The van der Waals surface area contributed by atoms with Gasteiger partial charge in [0, 0.05) is 18.8 Å². The predicted octanol–water partition coefficient (Wildman–Crippen LogP) is 3.00. The van der Waals surface area contributed by atoms with Crippen LogP contribution in [0.5, 0.6) is 0 Å². The van der Waals surface area contributed by atoms with Crippen LogP contribution >= 0.6 is 11.8 Å². The van der Waals surface area contributed by atoms with Gasteiger partial charge in [0.25, 0.3) is 5.91 Å². The molecule has 0 radical (unpaired) electrons. The molecule has 8 nitrogen and oxygen atoms in total. The zero-order chi connectivity index (χ0) is 23.0. The number of amides is 1. The van der Waals surface area contributed by atoms with E-state index in [-0.39, 0.29) is 24.4 Å². The van der Waals surface area contributed by atoms with E-state index in [1.807, 2.05) is 30.3 Å². The van der Waals surface area contributed by atoms with E-state index in [0.29, 0.717) is 29.7 Å². The van der Waals surface area contributed by atoms with Crippen molar-refractivity contribution in [3.05, 3.63) is 60.4 Å². The number of esters is 1. The van der Waals surface area contributed by atoms with Crippen molar-refractivity contribution in [1.82, 2.24) is 20.1 Å². The summed E-state index contributed by atoms with van der Waals surface area (Å²) in [5.41, 5.74) is 1.02. The summed E-state index contributed by atoms with van der Waals surface area (Å²) in [5.74, 6) is -1.13. The van der Waals surface area contributed by atoms with E-state index in [1.165, 1.54) is 6.07 Å². The van der Waals surface area contributed by atoms with Crippen molar-refractivity contribution in [2.75, 3.05) is 25.5 Å². The second-order valence-electron chi connectivity index (χ2n) is 7.35. The molecule has 1 atom stereocenters. The van der Waals surface area contributed by atoms with Crippen LogP contribution in [0.4, 0.5) is 4.39 Å². The number of hydrogen-bond acceptors (Lipinski definition) is 7. The van der Waals surface area contributed by atoms with Gasteiger partial charge in [0.15, 0.2) is 17.6 Å². The van der Waals surface area contributed by atoms with Gasteiger partial charge in [-0.3, -0.25) is 14.2 Å². The largest absolute Gasteiger partial charge is 0.455 e. The molecule has 2 heterocycles. The SMILES string of the molecule is O=C(COC(=O)CSc1nnc(-c2ccccc2F)n1-c1ccccc1)NCC1CCCO1. The molecule has 172 valence electrons. The van der Waals surface area contributed by atoms with Gasteiger partial charge in [-0.1, -0.05) is 42.1 Å². The highest BCUT2D eigenvalue weighted by molar-refractivity contribution is 7.99. The maximum absolute atomic E-state index is 14.4. The monoisotopic (exact) mass is 470 g/mol. The minimum Gasteiger partial charge on any atom is -0.455 e. The Labute approximate surface area is 194 Å². The van der Waals surface area contributed by atoms with Gasteiger partial charge in [-0.15, -0.1) is 10.2 Å². The molecule has 0 saturated carbocycles. The van der Waals surface area contributed by atoms with Crippen LogP contribution < -0.4 is 5.32 Å². The molecule has 10 heteroatoms. The van der Waals surface area contributed by atoms with Gasteiger partial charge < -0.3 is 14.8 Å². The lowest BCUT2D eigenvalue weighted by Gasteiger charge is -2.11. The van der Waals surface area contributed by atoms with Gasteiger partial charge in [0.05, 0.1) is 17.4 Å². The number of para-hydroxylation sites is 1. The number of nitrogens with zero attached hydrogens (tertiary/aromatic N) is 3. The van der Waals surface area contributed by atoms with Crippen LogP contribution in [0, 0.1) is 5.82 Å². The molecular weight excluding hydrogens is 447 g/mol. The molecule has 33 heavy (non-hydrogen) atoms. The maximum Gasteiger partial charge on any atom is 0.316 e. The number of aromatic nitrogens is 3. The molecular formula is C23H23FN4O4S. The fraction of sp³-hybridized carbons (Fsp3) is 0.304. The molecule has 1 aliphatic rings. The maximum atomic E-state index is 14.4. The first-order chi connectivity index (χ1) is 16.1. The Balaban J connectivity index is 1.39. The summed E-state index contributed by atoms with van der Waals surface area (Å²) in [6.07, 6.45) is 1.92. The zero-order valence-corrected chi connectivity index (χ0v) is 18.6. The summed E-state index contributed by atoms with van der Waals surface area (Å²) in [5, 5.41) is 11.4. The Morgan fingerprint density at radius 3 is 2.70 bits per heavy atom. The molecule has 1 aromatic heterocycles. The number of hydrogen-bond donors (Lipinski definition) is 1. The molecule has 0 spiro atoms. The first-order valence-corrected chi connectivity index (χ1v) is 11.5. The lowest BCUT2D eigenvalue weighted by Crippen LogP contribution is -2.35. The Bertz CT molecular complexity index is 1100. The van der Waals surface area contributed by atoms with Crippen LogP contribution in [0.2, 0.25) is 0 Å². The zero-order valence-electron chi connectivity index (χ0n) is 17.8. The fourth-order valence-electron chi connectivity index (χ4n) is 3.39. The average molecular weight is 471 g/mol. The first kappa shape index (κ1) is 22.9. The second-order valence-corrected chi connectivity index (χ2v) is 8.29. The average Bonchev–Trinajstić information content (AvgIpc) is 3.51. The molecule has 1 aliphatic heterocycles. The number of rotatable bonds is 9. The van der Waals surface area contributed by atoms with Crippen LogP contribution in [-0.2, 0) is 19.1 Å². The second kappa shape index (κ2) is 11.1. The van der Waals surface area contributed by atoms with Crippen LogP contribution in [0.15, 0.2) is 59.8 Å². The molecule has 1 amide bonds. The Morgan fingerprint density at radius 1 is 1.15 bits per heavy atom. The van der Waals surface area contributed by atoms with Crippen molar-refractivity contribution in [2.45, 2.75) is 24.1 Å². The quantitative estimate of drug-likeness (QED) is 0.379. The third kappa shape index (κ3) is 5.96. The Kier molecular flexibility index (Phi) is 7.69. The molecule has 1 unspecified atom stereocenters. The molecule has 3 aromatic rings. The van der Waals surface area contributed by atoms with Gasteiger partial charge in [-0.2, -0.15) is 0 Å². The number of carbonyl (C=O) groups is 2. The number of halogens is 1. The fourth-order valence-corrected chi connectivity index (χ4v) is 4.14. The van der Waals surface area contributed by atoms with E-state index >= 15 is 0 Å². The number of carbonyl (C=O) groups excluding carboxylic acids is 2. The normalized spacial score (nSPS) is 15.4. The summed E-state index contributed by atoms with van der Waals surface area (Å²) >= 11 is 1.10. The number of thioether (sulfide) groups is 1. The van der Waals surface area contributed by atoms with Crippen molar-refractivity contribution in [1.29, 1.82) is 0 Å². The Hall–Kier alpha value is -3.24. The number of ether oxygens (including phenoxy) is 2. The molecule has 0 aliphatic carbocycles. The van der Waals surface area contributed by atoms with E-state index in [0.717, 1.165) is 30.3 Å². The molecule has 4 rings (SSSR count). The minimum absolute atomic E-state index is 0.0215. The molecule has 1 N–H and O–H groups in total. The standard InChI is InChI=1S/C23H23FN4O4S/c24-19-11-5-4-10-18(19)22-26-27-23(28(22)16-7-2-1-3-8-16)33-15-21(30)32-14-20(29)25-13-17-9-6-12-31-17/h1-5,7-8,10-11,17H,6,9,12-15H2,(H,25,29). The third-order valence-corrected chi connectivity index (χ3v) is 5.90. The summed E-state index contributed by atoms with van der Waals surface area (Å²) in [4.78, 5) is 24.1. The van der Waals surface area contributed by atoms with Crippen LogP contribution in [0.25, 0.3) is 17.1 Å². The van der Waals surface area contributed by atoms with Crippen molar-refractivity contribution in [3.63, 3.8) is 0 Å². The van der Waals surface area contributed by atoms with E-state index in [1.54, 1.807) is 22.8 Å². The molecule has 1 fully saturated rings. The molecule has 0 bridgehead atoms. The predicted molar refractivity (Wildman–Crippen MR) is 120 cm³/mol. The number of benzene rings is 2. The summed E-state index contributed by atoms with van der Waals surface area (Å²) in [6.45, 7) is 0.751. The van der Waals surface area contributed by atoms with Gasteiger partial charge >= 0.3 is 5.97 Å². The van der Waals surface area contributed by atoms with Gasteiger partial charge in [-0.05, 0) is 37.1 Å². The van der Waals surface area contributed by atoms with Crippen LogP contribution in [0.1, 0.15) is 12.8 Å². The lowest BCUT2D eigenvalue weighted by atomic mass is 10.2. The van der Waals surface area contributed by atoms with Gasteiger partial charge in [0.2, 0.25) is 0 Å². The van der Waals surface area contributed by atoms with E-state index in [9.17, 15) is 14.0 Å². The van der Waals surface area contributed by atoms with Crippen LogP contribution in [0.3, 0.4) is 0 Å². The summed E-state index contributed by atoms with van der Waals surface area (Å²) < 4.78 is 26.6. The number of nitrogens with one attached hydrogen (secondary N) is 1. The van der Waals surface area contributed by atoms with Crippen molar-refractivity contribution in [2.24, 2.45) is 0 Å². The first-order valence-electron chi connectivity index (χ1n) is 10.5. The topological polar surface area (TPSA) is 95.3 Å². The van der Waals surface area contributed by atoms with Crippen molar-refractivity contribution in [3.8, 4) is 17.1 Å². The lowest BCUT2D eigenvalue weighted by molar-refractivity contribution is -0.146. The van der Waals surface area contributed by atoms with Crippen molar-refractivity contribution >= 4 is 23.6 Å². The van der Waals surface area contributed by atoms with E-state index < -0.39 is 11.8 Å². The van der Waals surface area contributed by atoms with E-state index in [2.05, 4.69) is 15.5 Å². The van der Waals surface area contributed by atoms with E-state index in [4.69, 9.17) is 9.47 Å². The Morgan fingerprint density at radius 2 is 1.94 bits per heavy atom. The smallest absolute Gasteiger partial charge is 0.316 e. The highest BCUT2D eigenvalue weighted by Gasteiger charge is 2.20. The highest BCUT2D eigenvalue weighted by Crippen LogP contribution is 2.29. The highest BCUT2D eigenvalue weighted by atomic mass is 32.2. The summed E-state index contributed by atoms with van der Waals surface area (Å²) in [6, 6.07) is 15.5. The minimum atomic E-state index is -0.567. The van der Waals surface area contributed by atoms with Crippen molar-refractivity contribution < 1.29 is 23.5 Å². The van der Waals surface area contributed by atoms with Gasteiger partial charge in [-0.25, -0.2) is 4.39 Å². The summed E-state index contributed by atoms with van der Waals surface area (Å²) in [7, 11) is 0. The van der Waals surface area contributed by atoms with Crippen LogP contribution in [-0.4, -0.2) is 58.3 Å².